The molecule has 0 saturated carbocycles. The first-order valence-corrected chi connectivity index (χ1v) is 10.5. The molecule has 2 atom stereocenters. The van der Waals surface area contributed by atoms with E-state index in [1.807, 2.05) is 48.2 Å². The van der Waals surface area contributed by atoms with Crippen LogP contribution in [0.2, 0.25) is 0 Å². The van der Waals surface area contributed by atoms with Gasteiger partial charge in [0.2, 0.25) is 5.95 Å². The second kappa shape index (κ2) is 9.63. The summed E-state index contributed by atoms with van der Waals surface area (Å²) >= 11 is 0. The molecule has 4 rings (SSSR count). The number of ether oxygens (including phenoxy) is 1. The lowest BCUT2D eigenvalue weighted by Gasteiger charge is -2.38. The second-order valence-electron chi connectivity index (χ2n) is 7.67. The van der Waals surface area contributed by atoms with Crippen molar-refractivity contribution in [3.63, 3.8) is 0 Å². The third-order valence-electron chi connectivity index (χ3n) is 5.38. The minimum absolute atomic E-state index is 0.0315. The van der Waals surface area contributed by atoms with Crippen molar-refractivity contribution in [3.8, 4) is 17.3 Å². The van der Waals surface area contributed by atoms with E-state index in [0.29, 0.717) is 41.9 Å². The molecule has 0 spiro atoms. The highest BCUT2D eigenvalue weighted by Gasteiger charge is 2.32. The molecule has 1 amide bonds. The normalized spacial score (nSPS) is 17.8. The summed E-state index contributed by atoms with van der Waals surface area (Å²) < 4.78 is 20.0. The number of anilines is 3. The van der Waals surface area contributed by atoms with Crippen LogP contribution in [0, 0.1) is 17.1 Å². The fraction of sp³-hybridized carbons (Fsp3) is 0.250. The smallest absolute Gasteiger partial charge is 0.255 e. The van der Waals surface area contributed by atoms with Crippen molar-refractivity contribution in [2.24, 2.45) is 0 Å². The van der Waals surface area contributed by atoms with Crippen molar-refractivity contribution < 1.29 is 13.9 Å². The van der Waals surface area contributed by atoms with Gasteiger partial charge in [0.05, 0.1) is 30.5 Å². The van der Waals surface area contributed by atoms with Crippen molar-refractivity contribution >= 4 is 23.4 Å². The van der Waals surface area contributed by atoms with E-state index >= 15 is 0 Å². The molecule has 2 aromatic carbocycles. The average molecular weight is 446 g/mol. The molecule has 2 N–H and O–H groups in total. The van der Waals surface area contributed by atoms with Gasteiger partial charge >= 0.3 is 0 Å². The summed E-state index contributed by atoms with van der Waals surface area (Å²) in [4.78, 5) is 23.8. The van der Waals surface area contributed by atoms with Gasteiger partial charge in [0.15, 0.2) is 6.10 Å². The molecule has 2 heterocycles. The van der Waals surface area contributed by atoms with Gasteiger partial charge in [-0.25, -0.2) is 9.37 Å². The predicted octanol–water partition coefficient (Wildman–Crippen LogP) is 3.43. The molecule has 0 aliphatic carbocycles. The summed E-state index contributed by atoms with van der Waals surface area (Å²) in [6, 6.07) is 17.1. The van der Waals surface area contributed by atoms with E-state index in [1.165, 1.54) is 12.1 Å². The molecule has 1 aliphatic heterocycles. The molecule has 0 unspecified atom stereocenters. The van der Waals surface area contributed by atoms with Crippen molar-refractivity contribution in [2.45, 2.75) is 19.1 Å². The molecule has 1 saturated heterocycles. The van der Waals surface area contributed by atoms with E-state index in [-0.39, 0.29) is 17.5 Å². The van der Waals surface area contributed by atoms with Crippen LogP contribution < -0.4 is 15.5 Å². The van der Waals surface area contributed by atoms with E-state index in [9.17, 15) is 9.18 Å². The van der Waals surface area contributed by atoms with Crippen LogP contribution in [0.25, 0.3) is 11.3 Å². The zero-order valence-corrected chi connectivity index (χ0v) is 18.2. The molecule has 0 radical (unpaired) electrons. The summed E-state index contributed by atoms with van der Waals surface area (Å²) in [5, 5.41) is 14.8. The number of nitriles is 1. The number of carbonyl (C=O) groups is 1. The van der Waals surface area contributed by atoms with Crippen LogP contribution in [0.5, 0.6) is 0 Å². The summed E-state index contributed by atoms with van der Waals surface area (Å²) in [7, 11) is 1.70. The van der Waals surface area contributed by atoms with Crippen LogP contribution in [-0.2, 0) is 9.53 Å². The molecule has 8 nitrogen and oxygen atoms in total. The Morgan fingerprint density at radius 1 is 1.21 bits per heavy atom. The number of aromatic nitrogens is 2. The average Bonchev–Trinajstić information content (AvgIpc) is 2.84. The van der Waals surface area contributed by atoms with Crippen LogP contribution in [0.15, 0.2) is 54.6 Å². The monoisotopic (exact) mass is 446 g/mol. The summed E-state index contributed by atoms with van der Waals surface area (Å²) in [5.74, 6) is 0.0904. The van der Waals surface area contributed by atoms with Crippen LogP contribution >= 0.6 is 0 Å². The van der Waals surface area contributed by atoms with E-state index in [1.54, 1.807) is 19.2 Å². The van der Waals surface area contributed by atoms with Gasteiger partial charge in [0, 0.05) is 24.4 Å². The number of para-hydroxylation sites is 1. The van der Waals surface area contributed by atoms with Crippen molar-refractivity contribution in [1.82, 2.24) is 9.97 Å². The standard InChI is InChI=1S/C24H23FN6O2/c1-15-14-33-21(23(32)28-18-6-4-3-5-7-18)13-31(15)22-11-20(29-24(27-2)30-22)16-8-9-17(12-26)19(25)10-16/h3-11,15,21H,13-14H2,1-2H3,(H,28,32)(H,27,29,30)/t15-,21+/m1/s1. The number of rotatable bonds is 5. The van der Waals surface area contributed by atoms with Gasteiger partial charge in [-0.15, -0.1) is 0 Å². The lowest BCUT2D eigenvalue weighted by atomic mass is 10.1. The largest absolute Gasteiger partial charge is 0.364 e. The zero-order valence-electron chi connectivity index (χ0n) is 18.2. The highest BCUT2D eigenvalue weighted by molar-refractivity contribution is 5.94. The lowest BCUT2D eigenvalue weighted by Crippen LogP contribution is -2.52. The molecule has 1 aromatic heterocycles. The highest BCUT2D eigenvalue weighted by atomic mass is 19.1. The first-order chi connectivity index (χ1) is 16.0. The lowest BCUT2D eigenvalue weighted by molar-refractivity contribution is -0.128. The van der Waals surface area contributed by atoms with Crippen LogP contribution in [0.4, 0.5) is 21.8 Å². The molecule has 0 bridgehead atoms. The Morgan fingerprint density at radius 3 is 2.70 bits per heavy atom. The zero-order chi connectivity index (χ0) is 23.4. The number of hydrogen-bond acceptors (Lipinski definition) is 7. The summed E-state index contributed by atoms with van der Waals surface area (Å²) in [6.07, 6.45) is -0.690. The Kier molecular flexibility index (Phi) is 6.47. The van der Waals surface area contributed by atoms with Gasteiger partial charge in [0.1, 0.15) is 17.7 Å². The number of nitrogens with one attached hydrogen (secondary N) is 2. The molecular weight excluding hydrogens is 423 g/mol. The number of hydrogen-bond donors (Lipinski definition) is 2. The van der Waals surface area contributed by atoms with Crippen LogP contribution in [0.1, 0.15) is 12.5 Å². The fourth-order valence-electron chi connectivity index (χ4n) is 3.59. The van der Waals surface area contributed by atoms with Crippen molar-refractivity contribution in [2.75, 3.05) is 35.7 Å². The Morgan fingerprint density at radius 2 is 2.00 bits per heavy atom. The van der Waals surface area contributed by atoms with Gasteiger partial charge in [-0.3, -0.25) is 4.79 Å². The summed E-state index contributed by atoms with van der Waals surface area (Å²) in [5.41, 5.74) is 1.68. The predicted molar refractivity (Wildman–Crippen MR) is 123 cm³/mol. The number of benzene rings is 2. The number of carbonyl (C=O) groups excluding carboxylic acids is 1. The highest BCUT2D eigenvalue weighted by Crippen LogP contribution is 2.28. The van der Waals surface area contributed by atoms with E-state index in [0.717, 1.165) is 0 Å². The first kappa shape index (κ1) is 22.2. The molecule has 3 aromatic rings. The minimum atomic E-state index is -0.690. The molecule has 1 fully saturated rings. The minimum Gasteiger partial charge on any atom is -0.364 e. The fourth-order valence-corrected chi connectivity index (χ4v) is 3.59. The first-order valence-electron chi connectivity index (χ1n) is 10.5. The molecular formula is C24H23FN6O2. The van der Waals surface area contributed by atoms with E-state index in [2.05, 4.69) is 20.6 Å². The summed E-state index contributed by atoms with van der Waals surface area (Å²) in [6.45, 7) is 2.61. The maximum Gasteiger partial charge on any atom is 0.255 e. The number of halogens is 1. The maximum absolute atomic E-state index is 14.2. The Labute approximate surface area is 191 Å². The van der Waals surface area contributed by atoms with Gasteiger partial charge in [-0.2, -0.15) is 10.2 Å². The quantitative estimate of drug-likeness (QED) is 0.619. The second-order valence-corrected chi connectivity index (χ2v) is 7.67. The Bertz CT molecular complexity index is 1200. The van der Waals surface area contributed by atoms with Crippen LogP contribution in [0.3, 0.4) is 0 Å². The van der Waals surface area contributed by atoms with Gasteiger partial charge in [0.25, 0.3) is 5.91 Å². The molecule has 9 heteroatoms. The Balaban J connectivity index is 1.61. The SMILES string of the molecule is CNc1nc(-c2ccc(C#N)c(F)c2)cc(N2C[C@@H](C(=O)Nc3ccccc3)OC[C@H]2C)n1. The van der Waals surface area contributed by atoms with Crippen molar-refractivity contribution in [3.05, 3.63) is 66.0 Å². The number of nitrogens with zero attached hydrogens (tertiary/aromatic N) is 4. The number of morpholine rings is 1. The molecule has 33 heavy (non-hydrogen) atoms. The van der Waals surface area contributed by atoms with Crippen LogP contribution in [-0.4, -0.2) is 48.2 Å². The van der Waals surface area contributed by atoms with Gasteiger partial charge < -0.3 is 20.3 Å². The third kappa shape index (κ3) is 4.91. The van der Waals surface area contributed by atoms with Gasteiger partial charge in [-0.1, -0.05) is 24.3 Å². The maximum atomic E-state index is 14.2. The van der Waals surface area contributed by atoms with Gasteiger partial charge in [-0.05, 0) is 31.2 Å². The molecule has 168 valence electrons. The van der Waals surface area contributed by atoms with E-state index in [4.69, 9.17) is 10.00 Å². The third-order valence-corrected chi connectivity index (χ3v) is 5.38. The Hall–Kier alpha value is -4.03. The van der Waals surface area contributed by atoms with Crippen molar-refractivity contribution in [1.29, 1.82) is 5.26 Å². The molecule has 1 aliphatic rings. The van der Waals surface area contributed by atoms with E-state index < -0.39 is 11.9 Å². The topological polar surface area (TPSA) is 103 Å². The number of amides is 1.